The van der Waals surface area contributed by atoms with E-state index in [-0.39, 0.29) is 29.9 Å². The molecule has 4 aliphatic carbocycles. The van der Waals surface area contributed by atoms with Gasteiger partial charge in [-0.25, -0.2) is 4.79 Å². The summed E-state index contributed by atoms with van der Waals surface area (Å²) in [5, 5.41) is 47.8. The number of esters is 3. The second-order valence-corrected chi connectivity index (χ2v) is 13.4. The largest absolute Gasteiger partial charge is 0.458 e. The van der Waals surface area contributed by atoms with Crippen molar-refractivity contribution in [3.05, 3.63) is 47.0 Å². The lowest BCUT2D eigenvalue weighted by Gasteiger charge is -2.66. The van der Waals surface area contributed by atoms with Crippen LogP contribution in [0.5, 0.6) is 0 Å². The Bertz CT molecular complexity index is 1300. The van der Waals surface area contributed by atoms with Gasteiger partial charge in [0, 0.05) is 37.5 Å². The van der Waals surface area contributed by atoms with Gasteiger partial charge in [0.1, 0.15) is 23.9 Å². The van der Waals surface area contributed by atoms with Gasteiger partial charge in [-0.05, 0) is 63.3 Å². The first-order valence-corrected chi connectivity index (χ1v) is 14.6. The molecule has 4 N–H and O–H groups in total. The minimum Gasteiger partial charge on any atom is -0.458 e. The van der Waals surface area contributed by atoms with Gasteiger partial charge in [0.2, 0.25) is 0 Å². The van der Waals surface area contributed by atoms with E-state index >= 15 is 0 Å². The molecule has 3 saturated carbocycles. The molecule has 0 aromatic heterocycles. The van der Waals surface area contributed by atoms with Crippen molar-refractivity contribution in [2.45, 2.75) is 109 Å². The summed E-state index contributed by atoms with van der Waals surface area (Å²) >= 11 is 0. The molecule has 0 bridgehead atoms. The van der Waals surface area contributed by atoms with Gasteiger partial charge in [-0.1, -0.05) is 25.1 Å². The highest BCUT2D eigenvalue weighted by Crippen LogP contribution is 2.70. The molecule has 0 amide bonds. The molecule has 0 saturated heterocycles. The molecule has 10 heteroatoms. The molecule has 10 atom stereocenters. The van der Waals surface area contributed by atoms with E-state index in [9.17, 15) is 34.8 Å². The van der Waals surface area contributed by atoms with Gasteiger partial charge in [-0.3, -0.25) is 9.59 Å². The molecule has 10 nitrogen and oxygen atoms in total. The van der Waals surface area contributed by atoms with Crippen molar-refractivity contribution in [2.75, 3.05) is 0 Å². The first kappa shape index (κ1) is 30.7. The molecule has 42 heavy (non-hydrogen) atoms. The Morgan fingerprint density at radius 3 is 2.17 bits per heavy atom. The van der Waals surface area contributed by atoms with Gasteiger partial charge >= 0.3 is 17.9 Å². The van der Waals surface area contributed by atoms with Gasteiger partial charge in [-0.2, -0.15) is 0 Å². The normalized spacial score (nSPS) is 41.0. The van der Waals surface area contributed by atoms with Crippen LogP contribution in [-0.2, 0) is 23.8 Å². The lowest BCUT2D eigenvalue weighted by molar-refractivity contribution is -0.297. The van der Waals surface area contributed by atoms with Gasteiger partial charge in [0.15, 0.2) is 0 Å². The molecule has 0 spiro atoms. The number of carbonyl (C=O) groups is 3. The number of aliphatic hydroxyl groups is 4. The van der Waals surface area contributed by atoms with E-state index in [0.717, 1.165) is 0 Å². The zero-order chi connectivity index (χ0) is 31.0. The third kappa shape index (κ3) is 4.17. The van der Waals surface area contributed by atoms with E-state index in [1.807, 2.05) is 0 Å². The van der Waals surface area contributed by atoms with Gasteiger partial charge < -0.3 is 34.6 Å². The van der Waals surface area contributed by atoms with E-state index in [0.29, 0.717) is 18.4 Å². The second-order valence-electron chi connectivity index (χ2n) is 13.4. The molecule has 1 aromatic rings. The third-order valence-electron chi connectivity index (χ3n) is 10.9. The summed E-state index contributed by atoms with van der Waals surface area (Å²) < 4.78 is 18.2. The highest BCUT2D eigenvalue weighted by molar-refractivity contribution is 5.89. The minimum atomic E-state index is -1.73. The average molecular weight is 587 g/mol. The Labute approximate surface area is 245 Å². The molecule has 0 heterocycles. The summed E-state index contributed by atoms with van der Waals surface area (Å²) in [5.74, 6) is -3.24. The van der Waals surface area contributed by atoms with Crippen LogP contribution >= 0.6 is 0 Å². The molecule has 5 rings (SSSR count). The number of carbonyl (C=O) groups excluding carboxylic acids is 3. The van der Waals surface area contributed by atoms with E-state index in [1.165, 1.54) is 27.7 Å². The van der Waals surface area contributed by atoms with Crippen LogP contribution in [0.3, 0.4) is 0 Å². The number of aliphatic hydroxyl groups excluding tert-OH is 3. The lowest BCUT2D eigenvalue weighted by Crippen LogP contribution is -2.74. The van der Waals surface area contributed by atoms with Crippen molar-refractivity contribution in [3.63, 3.8) is 0 Å². The second kappa shape index (κ2) is 10.1. The number of benzene rings is 1. The molecule has 0 aliphatic heterocycles. The fourth-order valence-electron chi connectivity index (χ4n) is 8.86. The monoisotopic (exact) mass is 586 g/mol. The smallest absolute Gasteiger partial charge is 0.338 e. The molecule has 1 aromatic carbocycles. The van der Waals surface area contributed by atoms with E-state index in [4.69, 9.17) is 14.2 Å². The van der Waals surface area contributed by atoms with E-state index in [2.05, 4.69) is 0 Å². The van der Waals surface area contributed by atoms with Crippen molar-refractivity contribution in [1.82, 2.24) is 0 Å². The number of hydrogen-bond acceptors (Lipinski definition) is 10. The van der Waals surface area contributed by atoms with Crippen LogP contribution in [0.4, 0.5) is 0 Å². The van der Waals surface area contributed by atoms with Gasteiger partial charge in [0.05, 0.1) is 28.8 Å². The van der Waals surface area contributed by atoms with Crippen LogP contribution in [0.1, 0.15) is 77.6 Å². The zero-order valence-electron chi connectivity index (χ0n) is 25.0. The molecular weight excluding hydrogens is 544 g/mol. The Morgan fingerprint density at radius 2 is 1.64 bits per heavy atom. The van der Waals surface area contributed by atoms with Crippen LogP contribution in [0.2, 0.25) is 0 Å². The lowest BCUT2D eigenvalue weighted by atomic mass is 9.44. The predicted molar refractivity (Wildman–Crippen MR) is 149 cm³/mol. The quantitative estimate of drug-likeness (QED) is 0.229. The Morgan fingerprint density at radius 1 is 1.00 bits per heavy atom. The predicted octanol–water partition coefficient (Wildman–Crippen LogP) is 2.46. The maximum absolute atomic E-state index is 13.9. The molecule has 230 valence electrons. The summed E-state index contributed by atoms with van der Waals surface area (Å²) in [6, 6.07) is 8.28. The third-order valence-corrected chi connectivity index (χ3v) is 10.9. The molecule has 4 aliphatic rings. The van der Waals surface area contributed by atoms with Crippen LogP contribution < -0.4 is 0 Å². The standard InChI is InChI=1S/C32H42O10/c1-16-21(40-17(2)33)15-31(29(4,5)39)23(16)24(36)26(37)30(6)22(35)14-20-12-13-32(20,42-18(3)34)25(30)27(31)41-28(38)19-10-8-7-9-11-19/h7-11,20-22,24-27,35-37,39H,12-15H2,1-6H3/t20-,21+,22+,24-,25+,26+,27+,30-,31+,32+/m1/s1. The van der Waals surface area contributed by atoms with Crippen LogP contribution in [-0.4, -0.2) is 80.1 Å². The summed E-state index contributed by atoms with van der Waals surface area (Å²) in [6.45, 7) is 8.87. The number of rotatable bonds is 5. The van der Waals surface area contributed by atoms with Gasteiger partial charge in [-0.15, -0.1) is 0 Å². The summed E-state index contributed by atoms with van der Waals surface area (Å²) in [7, 11) is 0. The maximum Gasteiger partial charge on any atom is 0.338 e. The summed E-state index contributed by atoms with van der Waals surface area (Å²) in [4.78, 5) is 38.7. The Hall–Kier alpha value is -2.79. The summed E-state index contributed by atoms with van der Waals surface area (Å²) in [6.07, 6.45) is -5.51. The van der Waals surface area contributed by atoms with Crippen molar-refractivity contribution in [3.8, 4) is 0 Å². The first-order chi connectivity index (χ1) is 19.5. The SMILES string of the molecule is CC(=O)O[C@H]1C[C@]2(C(C)(C)O)C(=C1C)[C@@H](O)[C@H](O)[C@@]1(C)[C@H]([C@@H]2OC(=O)c2ccccc2)[C@]2(OC(C)=O)CC[C@@H]2C[C@@H]1O. The highest BCUT2D eigenvalue weighted by Gasteiger charge is 2.78. The zero-order valence-corrected chi connectivity index (χ0v) is 25.0. The maximum atomic E-state index is 13.9. The molecular formula is C32H42O10. The average Bonchev–Trinajstić information content (AvgIpc) is 3.17. The topological polar surface area (TPSA) is 160 Å². The van der Waals surface area contributed by atoms with Crippen molar-refractivity contribution >= 4 is 17.9 Å². The fraction of sp³-hybridized carbons (Fsp3) is 0.656. The van der Waals surface area contributed by atoms with Crippen LogP contribution in [0.25, 0.3) is 0 Å². The fourth-order valence-corrected chi connectivity index (χ4v) is 8.86. The van der Waals surface area contributed by atoms with E-state index < -0.39 is 76.4 Å². The van der Waals surface area contributed by atoms with Crippen LogP contribution in [0, 0.1) is 22.7 Å². The Balaban J connectivity index is 1.84. The van der Waals surface area contributed by atoms with Gasteiger partial charge in [0.25, 0.3) is 0 Å². The number of ether oxygens (including phenoxy) is 3. The molecule has 0 radical (unpaired) electrons. The van der Waals surface area contributed by atoms with Crippen LogP contribution in [0.15, 0.2) is 41.5 Å². The highest BCUT2D eigenvalue weighted by atomic mass is 16.6. The summed E-state index contributed by atoms with van der Waals surface area (Å²) in [5.41, 5.74) is -5.31. The van der Waals surface area contributed by atoms with Crippen molar-refractivity contribution < 1.29 is 49.0 Å². The number of fused-ring (bicyclic) bond motifs is 4. The first-order valence-electron chi connectivity index (χ1n) is 14.6. The van der Waals surface area contributed by atoms with E-state index in [1.54, 1.807) is 44.2 Å². The van der Waals surface area contributed by atoms with Crippen molar-refractivity contribution in [1.29, 1.82) is 0 Å². The molecule has 0 unspecified atom stereocenters. The van der Waals surface area contributed by atoms with Crippen molar-refractivity contribution in [2.24, 2.45) is 22.7 Å². The molecule has 3 fully saturated rings. The number of hydrogen-bond donors (Lipinski definition) is 4. The minimum absolute atomic E-state index is 0.0722. The Kier molecular flexibility index (Phi) is 7.41.